The summed E-state index contributed by atoms with van der Waals surface area (Å²) in [6.07, 6.45) is 2.45. The van der Waals surface area contributed by atoms with E-state index in [1.807, 2.05) is 13.8 Å². The fraction of sp³-hybridized carbons (Fsp3) is 0.462. The third-order valence-corrected chi connectivity index (χ3v) is 5.01. The average Bonchev–Trinajstić information content (AvgIpc) is 2.95. The monoisotopic (exact) mass is 357 g/mol. The number of nitrogens with one attached hydrogen (secondary N) is 1. The summed E-state index contributed by atoms with van der Waals surface area (Å²) in [7, 11) is 0. The predicted octanol–water partition coefficient (Wildman–Crippen LogP) is 3.86. The highest BCUT2D eigenvalue weighted by molar-refractivity contribution is 7.99. The molecule has 2 rings (SSSR count). The Balaban J connectivity index is 2.13. The van der Waals surface area contributed by atoms with E-state index in [4.69, 9.17) is 11.6 Å². The molecular weight excluding hydrogens is 342 g/mol. The number of hydrogen-bond acceptors (Lipinski definition) is 7. The van der Waals surface area contributed by atoms with Gasteiger partial charge in [0.15, 0.2) is 10.9 Å². The van der Waals surface area contributed by atoms with Crippen LogP contribution < -0.4 is 5.32 Å². The van der Waals surface area contributed by atoms with E-state index in [-0.39, 0.29) is 16.6 Å². The van der Waals surface area contributed by atoms with E-state index in [1.165, 1.54) is 29.3 Å². The number of amides is 1. The minimum Gasteiger partial charge on any atom is -0.295 e. The fourth-order valence-corrected chi connectivity index (χ4v) is 3.04. The molecule has 0 unspecified atom stereocenters. The van der Waals surface area contributed by atoms with Gasteiger partial charge in [-0.2, -0.15) is 0 Å². The lowest BCUT2D eigenvalue weighted by Crippen LogP contribution is -2.15. The Bertz CT molecular complexity index is 662. The number of carbonyl (C=O) groups is 1. The van der Waals surface area contributed by atoms with Crippen LogP contribution in [0.25, 0.3) is 0 Å². The summed E-state index contributed by atoms with van der Waals surface area (Å²) in [5.41, 5.74) is 0.150. The number of halogens is 1. The third-order valence-electron chi connectivity index (χ3n) is 2.53. The van der Waals surface area contributed by atoms with Gasteiger partial charge in [0.2, 0.25) is 5.13 Å². The van der Waals surface area contributed by atoms with Gasteiger partial charge in [0.05, 0.1) is 11.2 Å². The van der Waals surface area contributed by atoms with Gasteiger partial charge in [0.25, 0.3) is 5.91 Å². The van der Waals surface area contributed by atoms with Crippen molar-refractivity contribution in [3.63, 3.8) is 0 Å². The highest BCUT2D eigenvalue weighted by atomic mass is 35.5. The Morgan fingerprint density at radius 3 is 2.86 bits per heavy atom. The smallest absolute Gasteiger partial charge is 0.277 e. The second-order valence-corrected chi connectivity index (χ2v) is 7.23. The first kappa shape index (κ1) is 17.1. The highest BCUT2D eigenvalue weighted by Crippen LogP contribution is 2.24. The molecule has 0 saturated carbocycles. The van der Waals surface area contributed by atoms with Crippen molar-refractivity contribution >= 4 is 45.7 Å². The number of rotatable bonds is 6. The van der Waals surface area contributed by atoms with Crippen LogP contribution in [0.1, 0.15) is 48.6 Å². The maximum Gasteiger partial charge on any atom is 0.277 e. The van der Waals surface area contributed by atoms with Gasteiger partial charge in [-0.3, -0.25) is 10.1 Å². The number of carbonyl (C=O) groups excluding carboxylic acids is 1. The van der Waals surface area contributed by atoms with E-state index >= 15 is 0 Å². The summed E-state index contributed by atoms with van der Waals surface area (Å²) >= 11 is 8.85. The van der Waals surface area contributed by atoms with Gasteiger partial charge in [-0.1, -0.05) is 55.5 Å². The van der Waals surface area contributed by atoms with Crippen molar-refractivity contribution in [2.45, 2.75) is 38.3 Å². The molecule has 118 valence electrons. The van der Waals surface area contributed by atoms with Crippen molar-refractivity contribution < 1.29 is 4.79 Å². The predicted molar refractivity (Wildman–Crippen MR) is 90.0 cm³/mol. The highest BCUT2D eigenvalue weighted by Gasteiger charge is 2.17. The van der Waals surface area contributed by atoms with Crippen molar-refractivity contribution in [2.75, 3.05) is 11.1 Å². The van der Waals surface area contributed by atoms with E-state index in [9.17, 15) is 4.79 Å². The van der Waals surface area contributed by atoms with Gasteiger partial charge in [-0.05, 0) is 6.42 Å². The zero-order chi connectivity index (χ0) is 16.1. The number of nitrogens with zero attached hydrogens (tertiary/aromatic N) is 4. The zero-order valence-corrected chi connectivity index (χ0v) is 14.8. The SMILES string of the molecule is CCCSc1ncc(Cl)c(C(=O)Nc2nnc(C(C)C)s2)n1. The van der Waals surface area contributed by atoms with Crippen LogP contribution in [-0.2, 0) is 0 Å². The standard InChI is InChI=1S/C13H16ClN5OS2/c1-4-5-21-12-15-6-8(14)9(16-12)10(20)17-13-19-18-11(22-13)7(2)3/h6-7H,4-5H2,1-3H3,(H,17,19,20). The van der Waals surface area contributed by atoms with Gasteiger partial charge in [0, 0.05) is 11.7 Å². The second kappa shape index (κ2) is 7.85. The van der Waals surface area contributed by atoms with Crippen molar-refractivity contribution in [1.29, 1.82) is 0 Å². The molecule has 0 spiro atoms. The molecule has 0 aliphatic carbocycles. The van der Waals surface area contributed by atoms with Crippen molar-refractivity contribution in [3.05, 3.63) is 21.9 Å². The summed E-state index contributed by atoms with van der Waals surface area (Å²) in [5, 5.41) is 12.7. The first-order valence-corrected chi connectivity index (χ1v) is 8.99. The van der Waals surface area contributed by atoms with Crippen LogP contribution in [0.2, 0.25) is 5.02 Å². The van der Waals surface area contributed by atoms with Gasteiger partial charge in [-0.15, -0.1) is 10.2 Å². The molecule has 0 aromatic carbocycles. The van der Waals surface area contributed by atoms with Crippen LogP contribution in [0.4, 0.5) is 5.13 Å². The van der Waals surface area contributed by atoms with E-state index < -0.39 is 5.91 Å². The van der Waals surface area contributed by atoms with Gasteiger partial charge < -0.3 is 0 Å². The maximum atomic E-state index is 12.3. The number of thioether (sulfide) groups is 1. The van der Waals surface area contributed by atoms with Crippen molar-refractivity contribution in [1.82, 2.24) is 20.2 Å². The van der Waals surface area contributed by atoms with Crippen LogP contribution in [0.5, 0.6) is 0 Å². The Morgan fingerprint density at radius 1 is 1.45 bits per heavy atom. The molecule has 0 bridgehead atoms. The summed E-state index contributed by atoms with van der Waals surface area (Å²) in [6.45, 7) is 6.10. The molecule has 0 radical (unpaired) electrons. The van der Waals surface area contributed by atoms with Gasteiger partial charge in [0.1, 0.15) is 5.01 Å². The molecule has 0 atom stereocenters. The Kier molecular flexibility index (Phi) is 6.10. The molecule has 2 aromatic rings. The quantitative estimate of drug-likeness (QED) is 0.624. The third kappa shape index (κ3) is 4.37. The van der Waals surface area contributed by atoms with E-state index in [0.717, 1.165) is 17.2 Å². The number of anilines is 1. The summed E-state index contributed by atoms with van der Waals surface area (Å²) in [5.74, 6) is 0.747. The summed E-state index contributed by atoms with van der Waals surface area (Å²) in [4.78, 5) is 20.6. The molecule has 2 heterocycles. The molecule has 2 aromatic heterocycles. The lowest BCUT2D eigenvalue weighted by Gasteiger charge is -2.05. The topological polar surface area (TPSA) is 80.7 Å². The normalized spacial score (nSPS) is 11.0. The second-order valence-electron chi connectivity index (χ2n) is 4.75. The fourth-order valence-electron chi connectivity index (χ4n) is 1.45. The average molecular weight is 358 g/mol. The van der Waals surface area contributed by atoms with E-state index in [1.54, 1.807) is 0 Å². The van der Waals surface area contributed by atoms with Crippen LogP contribution in [0.15, 0.2) is 11.4 Å². The Morgan fingerprint density at radius 2 is 2.23 bits per heavy atom. The van der Waals surface area contributed by atoms with Crippen LogP contribution in [-0.4, -0.2) is 31.8 Å². The molecule has 22 heavy (non-hydrogen) atoms. The molecule has 0 aliphatic heterocycles. The minimum atomic E-state index is -0.405. The van der Waals surface area contributed by atoms with Crippen LogP contribution >= 0.6 is 34.7 Å². The van der Waals surface area contributed by atoms with E-state index in [0.29, 0.717) is 10.3 Å². The lowest BCUT2D eigenvalue weighted by atomic mass is 10.2. The first-order chi connectivity index (χ1) is 10.5. The summed E-state index contributed by atoms with van der Waals surface area (Å²) < 4.78 is 0. The van der Waals surface area contributed by atoms with Gasteiger partial charge >= 0.3 is 0 Å². The molecule has 9 heteroatoms. The van der Waals surface area contributed by atoms with Crippen LogP contribution in [0.3, 0.4) is 0 Å². The minimum absolute atomic E-state index is 0.150. The first-order valence-electron chi connectivity index (χ1n) is 6.81. The largest absolute Gasteiger partial charge is 0.295 e. The lowest BCUT2D eigenvalue weighted by molar-refractivity contribution is 0.102. The number of hydrogen-bond donors (Lipinski definition) is 1. The molecule has 0 aliphatic rings. The molecule has 1 N–H and O–H groups in total. The zero-order valence-electron chi connectivity index (χ0n) is 12.5. The van der Waals surface area contributed by atoms with Gasteiger partial charge in [-0.25, -0.2) is 9.97 Å². The molecule has 1 amide bonds. The summed E-state index contributed by atoms with van der Waals surface area (Å²) in [6, 6.07) is 0. The van der Waals surface area contributed by atoms with Crippen molar-refractivity contribution in [3.8, 4) is 0 Å². The van der Waals surface area contributed by atoms with Crippen LogP contribution in [0, 0.1) is 0 Å². The Labute approximate surface area is 142 Å². The molecule has 6 nitrogen and oxygen atoms in total. The Hall–Kier alpha value is -1.25. The molecular formula is C13H16ClN5OS2. The molecule has 0 fully saturated rings. The van der Waals surface area contributed by atoms with E-state index in [2.05, 4.69) is 32.4 Å². The van der Waals surface area contributed by atoms with Crippen molar-refractivity contribution in [2.24, 2.45) is 0 Å². The molecule has 0 saturated heterocycles. The maximum absolute atomic E-state index is 12.3. The number of aromatic nitrogens is 4.